The second kappa shape index (κ2) is 10.5. The number of hydrogen-bond donors (Lipinski definition) is 2. The Labute approximate surface area is 193 Å². The standard InChI is InChI=1S/C26H28ClN3O2/c1-3-31-24-14-20(16-28-13-12-26-29-22-6-4-5-7-23(22)30-26)21(27)15-25(24)32-17-19-10-8-18(2)9-11-19/h4-11,14-15,28H,3,12-13,16-17H2,1-2H3,(H,29,30). The van der Waals surface area contributed by atoms with Gasteiger partial charge in [-0.05, 0) is 43.2 Å². The lowest BCUT2D eigenvalue weighted by Crippen LogP contribution is -2.17. The Morgan fingerprint density at radius 3 is 2.56 bits per heavy atom. The molecule has 0 saturated carbocycles. The zero-order valence-corrected chi connectivity index (χ0v) is 19.2. The summed E-state index contributed by atoms with van der Waals surface area (Å²) in [6.07, 6.45) is 0.808. The van der Waals surface area contributed by atoms with Crippen LogP contribution in [0.1, 0.15) is 29.4 Å². The minimum atomic E-state index is 0.464. The highest BCUT2D eigenvalue weighted by Crippen LogP contribution is 2.34. The van der Waals surface area contributed by atoms with Crippen molar-refractivity contribution in [3.05, 3.63) is 88.2 Å². The first-order chi connectivity index (χ1) is 15.6. The maximum Gasteiger partial charge on any atom is 0.163 e. The van der Waals surface area contributed by atoms with Gasteiger partial charge in [-0.1, -0.05) is 53.6 Å². The molecule has 0 bridgehead atoms. The topological polar surface area (TPSA) is 59.2 Å². The summed E-state index contributed by atoms with van der Waals surface area (Å²) < 4.78 is 11.8. The van der Waals surface area contributed by atoms with E-state index in [0.717, 1.165) is 41.0 Å². The minimum Gasteiger partial charge on any atom is -0.490 e. The lowest BCUT2D eigenvalue weighted by molar-refractivity contribution is 0.269. The van der Waals surface area contributed by atoms with Gasteiger partial charge in [-0.15, -0.1) is 0 Å². The van der Waals surface area contributed by atoms with E-state index in [1.165, 1.54) is 5.56 Å². The molecule has 5 nitrogen and oxygen atoms in total. The fraction of sp³-hybridized carbons (Fsp3) is 0.269. The van der Waals surface area contributed by atoms with E-state index < -0.39 is 0 Å². The average Bonchev–Trinajstić information content (AvgIpc) is 3.21. The highest BCUT2D eigenvalue weighted by molar-refractivity contribution is 6.31. The maximum absolute atomic E-state index is 6.56. The van der Waals surface area contributed by atoms with Crippen LogP contribution in [0.3, 0.4) is 0 Å². The first-order valence-electron chi connectivity index (χ1n) is 10.9. The Bertz CT molecular complexity index is 1140. The summed E-state index contributed by atoms with van der Waals surface area (Å²) in [6.45, 7) is 6.47. The van der Waals surface area contributed by atoms with Gasteiger partial charge in [0.25, 0.3) is 0 Å². The van der Waals surface area contributed by atoms with Crippen molar-refractivity contribution < 1.29 is 9.47 Å². The van der Waals surface area contributed by atoms with Crippen molar-refractivity contribution in [2.24, 2.45) is 0 Å². The van der Waals surface area contributed by atoms with E-state index in [1.807, 2.05) is 43.3 Å². The summed E-state index contributed by atoms with van der Waals surface area (Å²) in [5.41, 5.74) is 5.36. The van der Waals surface area contributed by atoms with E-state index in [9.17, 15) is 0 Å². The number of imidazole rings is 1. The largest absolute Gasteiger partial charge is 0.490 e. The lowest BCUT2D eigenvalue weighted by atomic mass is 10.1. The number of aromatic amines is 1. The predicted molar refractivity (Wildman–Crippen MR) is 130 cm³/mol. The van der Waals surface area contributed by atoms with E-state index in [-0.39, 0.29) is 0 Å². The quantitative estimate of drug-likeness (QED) is 0.299. The molecule has 1 aromatic heterocycles. The molecule has 0 aliphatic carbocycles. The van der Waals surface area contributed by atoms with Gasteiger partial charge in [-0.25, -0.2) is 4.98 Å². The van der Waals surface area contributed by atoms with Crippen molar-refractivity contribution in [3.63, 3.8) is 0 Å². The summed E-state index contributed by atoms with van der Waals surface area (Å²) in [4.78, 5) is 7.97. The number of H-pyrrole nitrogens is 1. The average molecular weight is 450 g/mol. The number of halogens is 1. The fourth-order valence-corrected chi connectivity index (χ4v) is 3.71. The molecular weight excluding hydrogens is 422 g/mol. The van der Waals surface area contributed by atoms with Gasteiger partial charge in [0.05, 0.1) is 17.6 Å². The van der Waals surface area contributed by atoms with Crippen molar-refractivity contribution in [2.45, 2.75) is 33.4 Å². The number of benzene rings is 3. The summed E-state index contributed by atoms with van der Waals surface area (Å²) in [5, 5.41) is 4.10. The number of nitrogens with one attached hydrogen (secondary N) is 2. The Morgan fingerprint density at radius 2 is 1.78 bits per heavy atom. The first-order valence-corrected chi connectivity index (χ1v) is 11.3. The maximum atomic E-state index is 6.56. The number of fused-ring (bicyclic) bond motifs is 1. The van der Waals surface area contributed by atoms with Gasteiger partial charge >= 0.3 is 0 Å². The zero-order chi connectivity index (χ0) is 22.3. The van der Waals surface area contributed by atoms with Crippen molar-refractivity contribution in [1.29, 1.82) is 0 Å². The van der Waals surface area contributed by atoms with Crippen LogP contribution in [-0.4, -0.2) is 23.1 Å². The molecule has 166 valence electrons. The third-order valence-corrected chi connectivity index (χ3v) is 5.57. The van der Waals surface area contributed by atoms with Crippen molar-refractivity contribution in [1.82, 2.24) is 15.3 Å². The van der Waals surface area contributed by atoms with Gasteiger partial charge in [0.15, 0.2) is 11.5 Å². The molecule has 1 heterocycles. The number of aryl methyl sites for hydroxylation is 1. The second-order valence-corrected chi connectivity index (χ2v) is 8.13. The van der Waals surface area contributed by atoms with Crippen molar-refractivity contribution >= 4 is 22.6 Å². The molecule has 0 amide bonds. The molecule has 6 heteroatoms. The summed E-state index contributed by atoms with van der Waals surface area (Å²) in [5.74, 6) is 2.33. The predicted octanol–water partition coefficient (Wildman–Crippen LogP) is 5.83. The highest BCUT2D eigenvalue weighted by atomic mass is 35.5. The number of rotatable bonds is 10. The van der Waals surface area contributed by atoms with Gasteiger partial charge in [-0.3, -0.25) is 0 Å². The fourth-order valence-electron chi connectivity index (χ4n) is 3.49. The van der Waals surface area contributed by atoms with Crippen LogP contribution in [-0.2, 0) is 19.6 Å². The molecule has 0 radical (unpaired) electrons. The Kier molecular flexibility index (Phi) is 7.30. The van der Waals surface area contributed by atoms with Crippen molar-refractivity contribution in [2.75, 3.05) is 13.2 Å². The zero-order valence-electron chi connectivity index (χ0n) is 18.5. The number of para-hydroxylation sites is 2. The van der Waals surface area contributed by atoms with Gasteiger partial charge in [0.1, 0.15) is 12.4 Å². The number of aromatic nitrogens is 2. The molecule has 0 saturated heterocycles. The van der Waals surface area contributed by atoms with Crippen LogP contribution in [0.5, 0.6) is 11.5 Å². The Hall–Kier alpha value is -3.02. The molecule has 0 spiro atoms. The Balaban J connectivity index is 1.36. The molecule has 4 rings (SSSR count). The molecule has 0 unspecified atom stereocenters. The molecule has 4 aromatic rings. The smallest absolute Gasteiger partial charge is 0.163 e. The number of nitrogens with zero attached hydrogens (tertiary/aromatic N) is 1. The van der Waals surface area contributed by atoms with Gasteiger partial charge in [-0.2, -0.15) is 0 Å². The molecule has 0 aliphatic rings. The monoisotopic (exact) mass is 449 g/mol. The molecule has 0 aliphatic heterocycles. The molecule has 32 heavy (non-hydrogen) atoms. The lowest BCUT2D eigenvalue weighted by Gasteiger charge is -2.15. The molecule has 3 aromatic carbocycles. The second-order valence-electron chi connectivity index (χ2n) is 7.73. The van der Waals surface area contributed by atoms with E-state index in [1.54, 1.807) is 0 Å². The van der Waals surface area contributed by atoms with Gasteiger partial charge in [0, 0.05) is 30.6 Å². The van der Waals surface area contributed by atoms with Gasteiger partial charge < -0.3 is 19.8 Å². The van der Waals surface area contributed by atoms with Crippen LogP contribution < -0.4 is 14.8 Å². The van der Waals surface area contributed by atoms with Crippen LogP contribution in [0.15, 0.2) is 60.7 Å². The van der Waals surface area contributed by atoms with E-state index >= 15 is 0 Å². The molecule has 2 N–H and O–H groups in total. The molecular formula is C26H28ClN3O2. The van der Waals surface area contributed by atoms with Crippen LogP contribution in [0.4, 0.5) is 0 Å². The minimum absolute atomic E-state index is 0.464. The Morgan fingerprint density at radius 1 is 1.00 bits per heavy atom. The first kappa shape index (κ1) is 22.2. The third-order valence-electron chi connectivity index (χ3n) is 5.22. The molecule has 0 atom stereocenters. The third kappa shape index (κ3) is 5.61. The van der Waals surface area contributed by atoms with E-state index in [0.29, 0.717) is 36.3 Å². The van der Waals surface area contributed by atoms with Gasteiger partial charge in [0.2, 0.25) is 0 Å². The van der Waals surface area contributed by atoms with Crippen molar-refractivity contribution in [3.8, 4) is 11.5 Å². The summed E-state index contributed by atoms with van der Waals surface area (Å²) in [6, 6.07) is 20.2. The van der Waals surface area contributed by atoms with E-state index in [4.69, 9.17) is 21.1 Å². The van der Waals surface area contributed by atoms with Crippen LogP contribution >= 0.6 is 11.6 Å². The van der Waals surface area contributed by atoms with Crippen LogP contribution in [0.25, 0.3) is 11.0 Å². The molecule has 0 fully saturated rings. The van der Waals surface area contributed by atoms with E-state index in [2.05, 4.69) is 46.5 Å². The number of hydrogen-bond acceptors (Lipinski definition) is 4. The van der Waals surface area contributed by atoms with Crippen LogP contribution in [0.2, 0.25) is 5.02 Å². The summed E-state index contributed by atoms with van der Waals surface area (Å²) >= 11 is 6.56. The normalized spacial score (nSPS) is 11.1. The van der Waals surface area contributed by atoms with Crippen LogP contribution in [0, 0.1) is 6.92 Å². The summed E-state index contributed by atoms with van der Waals surface area (Å²) in [7, 11) is 0. The number of ether oxygens (including phenoxy) is 2. The SMILES string of the molecule is CCOc1cc(CNCCc2nc3ccccc3[nH]2)c(Cl)cc1OCc1ccc(C)cc1. The highest BCUT2D eigenvalue weighted by Gasteiger charge is 2.12.